The Kier molecular flexibility index (Phi) is 5.27. The number of halogens is 1. The van der Waals surface area contributed by atoms with Crippen molar-refractivity contribution in [2.75, 3.05) is 13.2 Å². The zero-order valence-electron chi connectivity index (χ0n) is 7.93. The molecule has 0 spiro atoms. The zero-order valence-corrected chi connectivity index (χ0v) is 10.1. The van der Waals surface area contributed by atoms with Crippen molar-refractivity contribution >= 4 is 34.5 Å². The molecule has 0 aromatic carbocycles. The predicted molar refractivity (Wildman–Crippen MR) is 55.7 cm³/mol. The van der Waals surface area contributed by atoms with Gasteiger partial charge in [-0.15, -0.1) is 0 Å². The van der Waals surface area contributed by atoms with Crippen molar-refractivity contribution in [2.24, 2.45) is 0 Å². The van der Waals surface area contributed by atoms with E-state index in [0.717, 1.165) is 0 Å². The van der Waals surface area contributed by atoms with Gasteiger partial charge in [0.1, 0.15) is 0 Å². The van der Waals surface area contributed by atoms with Crippen molar-refractivity contribution < 1.29 is 19.1 Å². The Morgan fingerprint density at radius 1 is 1.15 bits per heavy atom. The van der Waals surface area contributed by atoms with Crippen LogP contribution in [0.1, 0.15) is 20.8 Å². The molecular formula is C8H13IO4. The molecule has 0 amide bonds. The van der Waals surface area contributed by atoms with Crippen LogP contribution < -0.4 is 0 Å². The third-order valence-corrected chi connectivity index (χ3v) is 2.20. The molecule has 0 fully saturated rings. The van der Waals surface area contributed by atoms with Gasteiger partial charge < -0.3 is 9.47 Å². The van der Waals surface area contributed by atoms with Gasteiger partial charge in [-0.2, -0.15) is 0 Å². The normalized spacial score (nSPS) is 10.8. The van der Waals surface area contributed by atoms with Gasteiger partial charge in [-0.25, -0.2) is 9.59 Å². The lowest BCUT2D eigenvalue weighted by molar-refractivity contribution is -0.156. The van der Waals surface area contributed by atoms with Crippen LogP contribution in [0.4, 0.5) is 0 Å². The van der Waals surface area contributed by atoms with Crippen LogP contribution in [0, 0.1) is 0 Å². The third kappa shape index (κ3) is 3.50. The highest BCUT2D eigenvalue weighted by Gasteiger charge is 2.41. The Morgan fingerprint density at radius 3 is 1.69 bits per heavy atom. The number of ether oxygens (including phenoxy) is 2. The van der Waals surface area contributed by atoms with E-state index in [-0.39, 0.29) is 13.2 Å². The summed E-state index contributed by atoms with van der Waals surface area (Å²) in [5, 5.41) is 0. The first-order valence-corrected chi connectivity index (χ1v) is 5.08. The summed E-state index contributed by atoms with van der Waals surface area (Å²) in [4.78, 5) is 22.5. The molecule has 0 aromatic rings. The van der Waals surface area contributed by atoms with Crippen molar-refractivity contribution in [1.82, 2.24) is 0 Å². The number of alkyl halides is 1. The number of hydrogen-bond donors (Lipinski definition) is 0. The van der Waals surface area contributed by atoms with E-state index in [0.29, 0.717) is 0 Å². The maximum Gasteiger partial charge on any atom is 0.333 e. The summed E-state index contributed by atoms with van der Waals surface area (Å²) < 4.78 is 8.22. The van der Waals surface area contributed by atoms with E-state index >= 15 is 0 Å². The van der Waals surface area contributed by atoms with E-state index in [9.17, 15) is 9.59 Å². The minimum Gasteiger partial charge on any atom is -0.465 e. The molecule has 0 saturated heterocycles. The second kappa shape index (κ2) is 5.41. The molecule has 0 aliphatic rings. The highest BCUT2D eigenvalue weighted by molar-refractivity contribution is 14.1. The zero-order chi connectivity index (χ0) is 10.5. The van der Waals surface area contributed by atoms with Gasteiger partial charge in [0.05, 0.1) is 13.2 Å². The van der Waals surface area contributed by atoms with Crippen LogP contribution in [0.15, 0.2) is 0 Å². The Labute approximate surface area is 91.1 Å². The van der Waals surface area contributed by atoms with Crippen LogP contribution in [0.3, 0.4) is 0 Å². The third-order valence-electron chi connectivity index (χ3n) is 1.32. The molecule has 0 aliphatic heterocycles. The summed E-state index contributed by atoms with van der Waals surface area (Å²) in [6.07, 6.45) is 0. The lowest BCUT2D eigenvalue weighted by Crippen LogP contribution is -2.40. The average Bonchev–Trinajstić information content (AvgIpc) is 2.05. The van der Waals surface area contributed by atoms with Gasteiger partial charge >= 0.3 is 11.9 Å². The second-order valence-electron chi connectivity index (χ2n) is 2.44. The molecule has 0 heterocycles. The van der Waals surface area contributed by atoms with Crippen LogP contribution in [0.25, 0.3) is 0 Å². The van der Waals surface area contributed by atoms with Gasteiger partial charge in [0, 0.05) is 0 Å². The Hall–Kier alpha value is -0.330. The number of rotatable bonds is 4. The van der Waals surface area contributed by atoms with Gasteiger partial charge in [0.15, 0.2) is 0 Å². The first kappa shape index (κ1) is 12.7. The van der Waals surface area contributed by atoms with Crippen molar-refractivity contribution in [3.05, 3.63) is 0 Å². The predicted octanol–water partition coefficient (Wildman–Crippen LogP) is 1.31. The average molecular weight is 300 g/mol. The van der Waals surface area contributed by atoms with E-state index in [2.05, 4.69) is 0 Å². The standard InChI is InChI=1S/C8H13IO4/c1-4-12-6(10)8(3,9)7(11)13-5-2/h4-5H2,1-3H3. The molecule has 4 nitrogen and oxygen atoms in total. The lowest BCUT2D eigenvalue weighted by atomic mass is 10.2. The Morgan fingerprint density at radius 2 is 1.46 bits per heavy atom. The molecule has 5 heteroatoms. The summed E-state index contributed by atoms with van der Waals surface area (Å²) in [5.74, 6) is -1.12. The Balaban J connectivity index is 4.36. The Bertz CT molecular complexity index is 180. The van der Waals surface area contributed by atoms with E-state index in [1.54, 1.807) is 36.4 Å². The molecule has 0 unspecified atom stereocenters. The van der Waals surface area contributed by atoms with Crippen LogP contribution in [-0.2, 0) is 19.1 Å². The second-order valence-corrected chi connectivity index (χ2v) is 4.60. The van der Waals surface area contributed by atoms with Gasteiger partial charge in [0.2, 0.25) is 3.42 Å². The molecule has 0 radical (unpaired) electrons. The summed E-state index contributed by atoms with van der Waals surface area (Å²) in [6, 6.07) is 0. The topological polar surface area (TPSA) is 52.6 Å². The number of esters is 2. The van der Waals surface area contributed by atoms with E-state index in [4.69, 9.17) is 9.47 Å². The van der Waals surface area contributed by atoms with Crippen LogP contribution in [-0.4, -0.2) is 28.6 Å². The van der Waals surface area contributed by atoms with Crippen LogP contribution in [0.5, 0.6) is 0 Å². The fraction of sp³-hybridized carbons (Fsp3) is 0.750. The minimum atomic E-state index is -1.23. The highest BCUT2D eigenvalue weighted by atomic mass is 127. The number of carbonyl (C=O) groups excluding carboxylic acids is 2. The minimum absolute atomic E-state index is 0.261. The largest absolute Gasteiger partial charge is 0.465 e. The smallest absolute Gasteiger partial charge is 0.333 e. The van der Waals surface area contributed by atoms with Gasteiger partial charge in [-0.05, 0) is 20.8 Å². The highest BCUT2D eigenvalue weighted by Crippen LogP contribution is 2.21. The molecule has 13 heavy (non-hydrogen) atoms. The SMILES string of the molecule is CCOC(=O)C(C)(I)C(=O)OCC. The van der Waals surface area contributed by atoms with Crippen molar-refractivity contribution in [1.29, 1.82) is 0 Å². The van der Waals surface area contributed by atoms with E-state index in [1.165, 1.54) is 6.92 Å². The molecule has 0 aliphatic carbocycles. The van der Waals surface area contributed by atoms with Crippen LogP contribution >= 0.6 is 22.6 Å². The molecule has 0 bridgehead atoms. The summed E-state index contributed by atoms with van der Waals surface area (Å²) in [5.41, 5.74) is 0. The summed E-state index contributed by atoms with van der Waals surface area (Å²) in [7, 11) is 0. The van der Waals surface area contributed by atoms with Gasteiger partial charge in [-0.3, -0.25) is 0 Å². The fourth-order valence-corrected chi connectivity index (χ4v) is 0.928. The lowest BCUT2D eigenvalue weighted by Gasteiger charge is -2.17. The maximum absolute atomic E-state index is 11.3. The van der Waals surface area contributed by atoms with Crippen molar-refractivity contribution in [2.45, 2.75) is 24.2 Å². The monoisotopic (exact) mass is 300 g/mol. The number of carbonyl (C=O) groups is 2. The van der Waals surface area contributed by atoms with E-state index < -0.39 is 15.4 Å². The van der Waals surface area contributed by atoms with E-state index in [1.807, 2.05) is 0 Å². The molecule has 0 rings (SSSR count). The van der Waals surface area contributed by atoms with Crippen molar-refractivity contribution in [3.63, 3.8) is 0 Å². The first-order valence-electron chi connectivity index (χ1n) is 4.00. The van der Waals surface area contributed by atoms with Gasteiger partial charge in [0.25, 0.3) is 0 Å². The summed E-state index contributed by atoms with van der Waals surface area (Å²) >= 11 is 1.73. The molecule has 76 valence electrons. The van der Waals surface area contributed by atoms with Crippen LogP contribution in [0.2, 0.25) is 0 Å². The molecule has 0 N–H and O–H groups in total. The molecule has 0 saturated carbocycles. The van der Waals surface area contributed by atoms with Gasteiger partial charge in [-0.1, -0.05) is 22.6 Å². The molecule has 0 aromatic heterocycles. The summed E-state index contributed by atoms with van der Waals surface area (Å²) in [6.45, 7) is 5.38. The van der Waals surface area contributed by atoms with Crippen molar-refractivity contribution in [3.8, 4) is 0 Å². The fourth-order valence-electron chi connectivity index (χ4n) is 0.617. The first-order chi connectivity index (χ1) is 5.96. The maximum atomic E-state index is 11.3. The molecule has 0 atom stereocenters. The number of hydrogen-bond acceptors (Lipinski definition) is 4. The molecular weight excluding hydrogens is 287 g/mol. The quantitative estimate of drug-likeness (QED) is 0.340.